The van der Waals surface area contributed by atoms with Crippen LogP contribution in [-0.2, 0) is 15.1 Å². The van der Waals surface area contributed by atoms with Gasteiger partial charge in [0.15, 0.2) is 0 Å². The van der Waals surface area contributed by atoms with Crippen LogP contribution in [0.4, 0.5) is 20.4 Å². The van der Waals surface area contributed by atoms with Crippen LogP contribution < -0.4 is 10.6 Å². The molecule has 3 aromatic rings. The van der Waals surface area contributed by atoms with Crippen LogP contribution in [-0.4, -0.2) is 45.7 Å². The van der Waals surface area contributed by atoms with Gasteiger partial charge in [0.05, 0.1) is 23.9 Å². The first-order chi connectivity index (χ1) is 20.2. The second kappa shape index (κ2) is 13.2. The molecule has 3 N–H and O–H groups in total. The lowest BCUT2D eigenvalue weighted by Crippen LogP contribution is -2.37. The highest BCUT2D eigenvalue weighted by Crippen LogP contribution is 2.41. The molecule has 1 saturated heterocycles. The van der Waals surface area contributed by atoms with Crippen molar-refractivity contribution >= 4 is 17.6 Å². The number of pyridine rings is 3. The molecule has 2 fully saturated rings. The molecule has 0 unspecified atom stereocenters. The molecule has 224 valence electrons. The maximum Gasteiger partial charge on any atom is 0.308 e. The summed E-state index contributed by atoms with van der Waals surface area (Å²) in [7, 11) is 0. The van der Waals surface area contributed by atoms with Crippen LogP contribution in [0.15, 0.2) is 48.8 Å². The average Bonchev–Trinajstić information content (AvgIpc) is 3.00. The van der Waals surface area contributed by atoms with Crippen molar-refractivity contribution in [2.45, 2.75) is 64.4 Å². The van der Waals surface area contributed by atoms with E-state index in [2.05, 4.69) is 25.6 Å². The maximum atomic E-state index is 13.1. The van der Waals surface area contributed by atoms with Crippen molar-refractivity contribution in [3.05, 3.63) is 65.6 Å². The minimum atomic E-state index is -2.59. The highest BCUT2D eigenvalue weighted by Gasteiger charge is 2.39. The molecular weight excluding hydrogens is 540 g/mol. The second-order valence-corrected chi connectivity index (χ2v) is 11.8. The number of aromatic nitrogens is 3. The lowest BCUT2D eigenvalue weighted by atomic mass is 9.73. The van der Waals surface area contributed by atoms with E-state index in [1.54, 1.807) is 13.1 Å². The zero-order valence-corrected chi connectivity index (χ0v) is 24.2. The summed E-state index contributed by atoms with van der Waals surface area (Å²) >= 11 is 0. The lowest BCUT2D eigenvalue weighted by molar-refractivity contribution is -0.152. The number of aliphatic hydroxyl groups is 1. The summed E-state index contributed by atoms with van der Waals surface area (Å²) in [6.07, 6.45) is 5.36. The van der Waals surface area contributed by atoms with Gasteiger partial charge < -0.3 is 20.5 Å². The molecule has 3 aromatic heterocycles. The number of hydrogen-bond acceptors (Lipinski definition) is 8. The Morgan fingerprint density at radius 2 is 1.83 bits per heavy atom. The molecular formula is C32H39F2N5O3. The van der Waals surface area contributed by atoms with E-state index in [4.69, 9.17) is 4.74 Å². The number of anilines is 2. The highest BCUT2D eigenvalue weighted by atomic mass is 19.3. The standard InChI is InChI=1S/C32H39F2N5O3/c1-20-15-26(38-29(16-20)39-28-17-23(30(33)34)11-14-36-28)24-5-8-27(37-18-24)32(2,41)25-6-3-22(4-7-25)31(40)42-19-21-9-12-35-13-10-21/h5,8,11,14-18,21-22,25,30,35,41H,3-4,6-7,9-10,12-13,19H2,1-2H3,(H,36,38,39)/t22?,25?,32-/m1/s1. The predicted octanol–water partition coefficient (Wildman–Crippen LogP) is 6.08. The number of rotatable bonds is 9. The smallest absolute Gasteiger partial charge is 0.308 e. The van der Waals surface area contributed by atoms with E-state index in [1.165, 1.54) is 18.3 Å². The fraction of sp³-hybridized carbons (Fsp3) is 0.500. The molecule has 5 rings (SSSR count). The maximum absolute atomic E-state index is 13.1. The van der Waals surface area contributed by atoms with Gasteiger partial charge in [-0.1, -0.05) is 0 Å². The normalized spacial score (nSPS) is 21.1. The Hall–Kier alpha value is -3.50. The molecule has 0 aromatic carbocycles. The third-order valence-electron chi connectivity index (χ3n) is 8.62. The molecule has 2 aliphatic rings. The van der Waals surface area contributed by atoms with Gasteiger partial charge in [0, 0.05) is 23.5 Å². The summed E-state index contributed by atoms with van der Waals surface area (Å²) in [5.74, 6) is 0.968. The minimum Gasteiger partial charge on any atom is -0.465 e. The monoisotopic (exact) mass is 579 g/mol. The number of carbonyl (C=O) groups is 1. The first-order valence-corrected chi connectivity index (χ1v) is 14.8. The molecule has 10 heteroatoms. The fourth-order valence-electron chi connectivity index (χ4n) is 5.97. The average molecular weight is 580 g/mol. The van der Waals surface area contributed by atoms with Crippen molar-refractivity contribution < 1.29 is 23.4 Å². The van der Waals surface area contributed by atoms with Crippen molar-refractivity contribution in [1.29, 1.82) is 0 Å². The number of alkyl halides is 2. The van der Waals surface area contributed by atoms with Gasteiger partial charge in [0.25, 0.3) is 6.43 Å². The third-order valence-corrected chi connectivity index (χ3v) is 8.62. The van der Waals surface area contributed by atoms with Crippen molar-refractivity contribution in [1.82, 2.24) is 20.3 Å². The molecule has 4 heterocycles. The number of piperidine rings is 1. The topological polar surface area (TPSA) is 109 Å². The van der Waals surface area contributed by atoms with Crippen molar-refractivity contribution in [2.24, 2.45) is 17.8 Å². The van der Waals surface area contributed by atoms with E-state index in [1.807, 2.05) is 31.2 Å². The molecule has 0 spiro atoms. The quantitative estimate of drug-likeness (QED) is 0.262. The summed E-state index contributed by atoms with van der Waals surface area (Å²) in [5, 5.41) is 17.9. The zero-order valence-electron chi connectivity index (χ0n) is 24.2. The van der Waals surface area contributed by atoms with Gasteiger partial charge in [-0.05, 0) is 119 Å². The van der Waals surface area contributed by atoms with Gasteiger partial charge >= 0.3 is 5.97 Å². The molecule has 0 radical (unpaired) electrons. The van der Waals surface area contributed by atoms with Gasteiger partial charge in [-0.25, -0.2) is 18.7 Å². The number of halogens is 2. The number of aryl methyl sites for hydroxylation is 1. The van der Waals surface area contributed by atoms with Crippen LogP contribution in [0.25, 0.3) is 11.3 Å². The first kappa shape index (κ1) is 30.0. The van der Waals surface area contributed by atoms with Crippen LogP contribution in [0.5, 0.6) is 0 Å². The van der Waals surface area contributed by atoms with E-state index in [0.29, 0.717) is 42.6 Å². The Labute approximate surface area is 245 Å². The van der Waals surface area contributed by atoms with Crippen molar-refractivity contribution in [3.8, 4) is 11.3 Å². The first-order valence-electron chi connectivity index (χ1n) is 14.8. The minimum absolute atomic E-state index is 0.0197. The summed E-state index contributed by atoms with van der Waals surface area (Å²) in [6, 6.07) is 10.0. The third kappa shape index (κ3) is 7.28. The van der Waals surface area contributed by atoms with Gasteiger partial charge in [-0.3, -0.25) is 9.78 Å². The largest absolute Gasteiger partial charge is 0.465 e. The van der Waals surface area contributed by atoms with Crippen LogP contribution in [0.1, 0.15) is 68.7 Å². The molecule has 0 bridgehead atoms. The summed E-state index contributed by atoms with van der Waals surface area (Å²) in [5.41, 5.74) is 1.65. The van der Waals surface area contributed by atoms with Gasteiger partial charge in [0.2, 0.25) is 0 Å². The number of ether oxygens (including phenoxy) is 1. The Morgan fingerprint density at radius 1 is 1.07 bits per heavy atom. The zero-order chi connectivity index (χ0) is 29.7. The summed E-state index contributed by atoms with van der Waals surface area (Å²) in [6.45, 7) is 6.18. The van der Waals surface area contributed by atoms with Gasteiger partial charge in [-0.2, -0.15) is 0 Å². The van der Waals surface area contributed by atoms with E-state index < -0.39 is 12.0 Å². The molecule has 42 heavy (non-hydrogen) atoms. The lowest BCUT2D eigenvalue weighted by Gasteiger charge is -2.37. The molecule has 1 atom stereocenters. The summed E-state index contributed by atoms with van der Waals surface area (Å²) in [4.78, 5) is 26.0. The van der Waals surface area contributed by atoms with E-state index >= 15 is 0 Å². The van der Waals surface area contributed by atoms with Crippen LogP contribution in [0.2, 0.25) is 0 Å². The molecule has 1 saturated carbocycles. The number of nitrogens with zero attached hydrogens (tertiary/aromatic N) is 3. The van der Waals surface area contributed by atoms with Gasteiger partial charge in [0.1, 0.15) is 17.2 Å². The Morgan fingerprint density at radius 3 is 2.52 bits per heavy atom. The second-order valence-electron chi connectivity index (χ2n) is 11.8. The Bertz CT molecular complexity index is 1350. The fourth-order valence-corrected chi connectivity index (χ4v) is 5.97. The van der Waals surface area contributed by atoms with E-state index in [-0.39, 0.29) is 29.2 Å². The number of esters is 1. The van der Waals surface area contributed by atoms with Crippen molar-refractivity contribution in [3.63, 3.8) is 0 Å². The highest BCUT2D eigenvalue weighted by molar-refractivity contribution is 5.72. The number of hydrogen-bond donors (Lipinski definition) is 3. The predicted molar refractivity (Wildman–Crippen MR) is 156 cm³/mol. The molecule has 0 amide bonds. The number of carbonyl (C=O) groups excluding carboxylic acids is 1. The molecule has 8 nitrogen and oxygen atoms in total. The van der Waals surface area contributed by atoms with Crippen LogP contribution >= 0.6 is 0 Å². The van der Waals surface area contributed by atoms with Crippen LogP contribution in [0, 0.1) is 24.7 Å². The van der Waals surface area contributed by atoms with Crippen molar-refractivity contribution in [2.75, 3.05) is 25.0 Å². The van der Waals surface area contributed by atoms with Gasteiger partial charge in [-0.15, -0.1) is 0 Å². The van der Waals surface area contributed by atoms with E-state index in [0.717, 1.165) is 49.9 Å². The molecule has 1 aliphatic carbocycles. The molecule has 1 aliphatic heterocycles. The Balaban J connectivity index is 1.20. The van der Waals surface area contributed by atoms with Crippen LogP contribution in [0.3, 0.4) is 0 Å². The van der Waals surface area contributed by atoms with E-state index in [9.17, 15) is 18.7 Å². The SMILES string of the molecule is Cc1cc(Nc2cc(C(F)F)ccn2)nc(-c2ccc([C@](C)(O)C3CCC(C(=O)OCC4CCNCC4)CC3)nc2)c1. The number of nitrogens with one attached hydrogen (secondary N) is 2. The Kier molecular flexibility index (Phi) is 9.43. The summed E-state index contributed by atoms with van der Waals surface area (Å²) < 4.78 is 31.8.